The Morgan fingerprint density at radius 3 is 2.35 bits per heavy atom. The fourth-order valence-corrected chi connectivity index (χ4v) is 1.72. The maximum absolute atomic E-state index is 13.9. The largest absolute Gasteiger partial charge is 0.497 e. The Labute approximate surface area is 117 Å². The lowest BCUT2D eigenvalue weighted by Crippen LogP contribution is -2.10. The Bertz CT molecular complexity index is 552. The number of alkyl halides is 1. The highest BCUT2D eigenvalue weighted by atomic mass is 19.1. The van der Waals surface area contributed by atoms with Crippen molar-refractivity contribution in [2.45, 2.75) is 6.17 Å². The molecule has 4 heteroatoms. The van der Waals surface area contributed by atoms with Gasteiger partial charge in [-0.2, -0.15) is 0 Å². The van der Waals surface area contributed by atoms with E-state index in [-0.39, 0.29) is 6.61 Å². The Balaban J connectivity index is 1.91. The van der Waals surface area contributed by atoms with Crippen LogP contribution in [0.5, 0.6) is 5.75 Å². The number of methoxy groups -OCH3 is 1. The van der Waals surface area contributed by atoms with Gasteiger partial charge in [-0.05, 0) is 29.8 Å². The maximum Gasteiger partial charge on any atom is 0.338 e. The third kappa shape index (κ3) is 3.57. The molecule has 2 aromatic rings. The summed E-state index contributed by atoms with van der Waals surface area (Å²) < 4.78 is 23.9. The monoisotopic (exact) mass is 274 g/mol. The first kappa shape index (κ1) is 14.1. The molecule has 0 heterocycles. The molecule has 0 bridgehead atoms. The molecular formula is C16H15FO3. The molecule has 1 unspecified atom stereocenters. The highest BCUT2D eigenvalue weighted by Crippen LogP contribution is 2.21. The molecule has 0 saturated carbocycles. The lowest BCUT2D eigenvalue weighted by molar-refractivity contribution is 0.0398. The summed E-state index contributed by atoms with van der Waals surface area (Å²) in [5, 5.41) is 0. The van der Waals surface area contributed by atoms with Crippen molar-refractivity contribution in [3.05, 3.63) is 65.7 Å². The molecule has 0 aliphatic carbocycles. The van der Waals surface area contributed by atoms with E-state index in [1.54, 1.807) is 61.7 Å². The molecule has 20 heavy (non-hydrogen) atoms. The second-order valence-electron chi connectivity index (χ2n) is 4.21. The quantitative estimate of drug-likeness (QED) is 0.782. The number of ether oxygens (including phenoxy) is 2. The van der Waals surface area contributed by atoms with Gasteiger partial charge in [-0.3, -0.25) is 0 Å². The zero-order valence-corrected chi connectivity index (χ0v) is 11.1. The summed E-state index contributed by atoms with van der Waals surface area (Å²) in [6, 6.07) is 15.1. The van der Waals surface area contributed by atoms with Gasteiger partial charge in [0.2, 0.25) is 0 Å². The number of rotatable bonds is 5. The number of carbonyl (C=O) groups excluding carboxylic acids is 1. The molecule has 2 rings (SSSR count). The van der Waals surface area contributed by atoms with E-state index in [9.17, 15) is 9.18 Å². The molecule has 2 aromatic carbocycles. The Kier molecular flexibility index (Phi) is 4.71. The zero-order valence-electron chi connectivity index (χ0n) is 11.1. The molecule has 104 valence electrons. The fourth-order valence-electron chi connectivity index (χ4n) is 1.72. The van der Waals surface area contributed by atoms with Crippen LogP contribution in [0.1, 0.15) is 22.1 Å². The summed E-state index contributed by atoms with van der Waals surface area (Å²) in [6.07, 6.45) is -1.35. The summed E-state index contributed by atoms with van der Waals surface area (Å²) in [4.78, 5) is 11.7. The average Bonchev–Trinajstić information content (AvgIpc) is 2.53. The van der Waals surface area contributed by atoms with Crippen molar-refractivity contribution in [3.63, 3.8) is 0 Å². The van der Waals surface area contributed by atoms with Gasteiger partial charge in [-0.1, -0.05) is 30.3 Å². The van der Waals surface area contributed by atoms with E-state index in [0.717, 1.165) is 0 Å². The smallest absolute Gasteiger partial charge is 0.338 e. The lowest BCUT2D eigenvalue weighted by Gasteiger charge is -2.10. The minimum absolute atomic E-state index is 0.305. The minimum atomic E-state index is -1.35. The molecular weight excluding hydrogens is 259 g/mol. The number of hydrogen-bond donors (Lipinski definition) is 0. The van der Waals surface area contributed by atoms with Gasteiger partial charge in [0, 0.05) is 0 Å². The Morgan fingerprint density at radius 1 is 1.10 bits per heavy atom. The normalized spacial score (nSPS) is 11.7. The van der Waals surface area contributed by atoms with Crippen LogP contribution in [0.4, 0.5) is 4.39 Å². The van der Waals surface area contributed by atoms with Gasteiger partial charge in [-0.15, -0.1) is 0 Å². The van der Waals surface area contributed by atoms with Gasteiger partial charge in [-0.25, -0.2) is 9.18 Å². The molecule has 1 atom stereocenters. The van der Waals surface area contributed by atoms with E-state index in [4.69, 9.17) is 9.47 Å². The summed E-state index contributed by atoms with van der Waals surface area (Å²) in [6.45, 7) is -0.305. The SMILES string of the molecule is COc1ccc(C(F)COC(=O)c2ccccc2)cc1. The average molecular weight is 274 g/mol. The second-order valence-corrected chi connectivity index (χ2v) is 4.21. The second kappa shape index (κ2) is 6.70. The van der Waals surface area contributed by atoms with Crippen molar-refractivity contribution in [1.82, 2.24) is 0 Å². The predicted octanol–water partition coefficient (Wildman–Crippen LogP) is 3.56. The van der Waals surface area contributed by atoms with Crippen molar-refractivity contribution in [3.8, 4) is 5.75 Å². The van der Waals surface area contributed by atoms with Gasteiger partial charge >= 0.3 is 5.97 Å². The third-order valence-corrected chi connectivity index (χ3v) is 2.85. The van der Waals surface area contributed by atoms with Crippen LogP contribution < -0.4 is 4.74 Å². The first-order chi connectivity index (χ1) is 9.70. The van der Waals surface area contributed by atoms with E-state index in [2.05, 4.69) is 0 Å². The molecule has 0 radical (unpaired) electrons. The van der Waals surface area contributed by atoms with E-state index >= 15 is 0 Å². The van der Waals surface area contributed by atoms with Crippen molar-refractivity contribution >= 4 is 5.97 Å². The van der Waals surface area contributed by atoms with Gasteiger partial charge in [0.15, 0.2) is 6.17 Å². The summed E-state index contributed by atoms with van der Waals surface area (Å²) in [7, 11) is 1.55. The van der Waals surface area contributed by atoms with Gasteiger partial charge in [0.05, 0.1) is 12.7 Å². The van der Waals surface area contributed by atoms with Crippen molar-refractivity contribution in [2.75, 3.05) is 13.7 Å². The Hall–Kier alpha value is -2.36. The molecule has 3 nitrogen and oxygen atoms in total. The summed E-state index contributed by atoms with van der Waals surface area (Å²) >= 11 is 0. The van der Waals surface area contributed by atoms with Crippen LogP contribution in [0.15, 0.2) is 54.6 Å². The highest BCUT2D eigenvalue weighted by Gasteiger charge is 2.14. The highest BCUT2D eigenvalue weighted by molar-refractivity contribution is 5.89. The molecule has 0 aliphatic rings. The molecule has 0 amide bonds. The first-order valence-electron chi connectivity index (χ1n) is 6.21. The molecule has 0 fully saturated rings. The molecule has 0 aliphatic heterocycles. The standard InChI is InChI=1S/C16H15FO3/c1-19-14-9-7-12(8-10-14)15(17)11-20-16(18)13-5-3-2-4-6-13/h2-10,15H,11H2,1H3. The topological polar surface area (TPSA) is 35.5 Å². The van der Waals surface area contributed by atoms with Crippen molar-refractivity contribution < 1.29 is 18.7 Å². The number of benzene rings is 2. The zero-order chi connectivity index (χ0) is 14.4. The lowest BCUT2D eigenvalue weighted by atomic mass is 10.1. The van der Waals surface area contributed by atoms with Crippen LogP contribution in [-0.2, 0) is 4.74 Å². The number of hydrogen-bond acceptors (Lipinski definition) is 3. The van der Waals surface area contributed by atoms with Crippen LogP contribution in [0.25, 0.3) is 0 Å². The summed E-state index contributed by atoms with van der Waals surface area (Å²) in [5.41, 5.74) is 0.862. The number of halogens is 1. The summed E-state index contributed by atoms with van der Waals surface area (Å²) in [5.74, 6) is 0.129. The molecule has 0 spiro atoms. The van der Waals surface area contributed by atoms with Gasteiger partial charge in [0.1, 0.15) is 12.4 Å². The molecule has 0 aromatic heterocycles. The van der Waals surface area contributed by atoms with Crippen LogP contribution in [0, 0.1) is 0 Å². The molecule has 0 N–H and O–H groups in total. The van der Waals surface area contributed by atoms with E-state index in [0.29, 0.717) is 16.9 Å². The molecule has 0 saturated heterocycles. The van der Waals surface area contributed by atoms with Crippen LogP contribution in [0.3, 0.4) is 0 Å². The van der Waals surface area contributed by atoms with Crippen molar-refractivity contribution in [1.29, 1.82) is 0 Å². The third-order valence-electron chi connectivity index (χ3n) is 2.85. The maximum atomic E-state index is 13.9. The van der Waals surface area contributed by atoms with Gasteiger partial charge < -0.3 is 9.47 Å². The fraction of sp³-hybridized carbons (Fsp3) is 0.188. The van der Waals surface area contributed by atoms with Crippen LogP contribution in [-0.4, -0.2) is 19.7 Å². The first-order valence-corrected chi connectivity index (χ1v) is 6.21. The number of carbonyl (C=O) groups is 1. The minimum Gasteiger partial charge on any atom is -0.497 e. The van der Waals surface area contributed by atoms with Crippen LogP contribution >= 0.6 is 0 Å². The van der Waals surface area contributed by atoms with Crippen molar-refractivity contribution in [2.24, 2.45) is 0 Å². The van der Waals surface area contributed by atoms with Gasteiger partial charge in [0.25, 0.3) is 0 Å². The van der Waals surface area contributed by atoms with Crippen LogP contribution in [0.2, 0.25) is 0 Å². The number of esters is 1. The van der Waals surface area contributed by atoms with E-state index in [1.807, 2.05) is 0 Å². The predicted molar refractivity (Wildman–Crippen MR) is 73.6 cm³/mol. The Morgan fingerprint density at radius 2 is 1.75 bits per heavy atom. The van der Waals surface area contributed by atoms with E-state index in [1.165, 1.54) is 0 Å². The van der Waals surface area contributed by atoms with E-state index < -0.39 is 12.1 Å².